The Morgan fingerprint density at radius 1 is 0.327 bits per heavy atom. The minimum absolute atomic E-state index is 0. The second-order valence-electron chi connectivity index (χ2n) is 33.6. The molecule has 0 radical (unpaired) electrons. The first kappa shape index (κ1) is 123. The molecule has 0 bridgehead atoms. The SMILES string of the molecule is COc1cc(C(=O)c2cnc(N)nc2N)c(C(C)Cc2ccccc2)cc1C.COc1cc(C=O)c(C(C)Cc2ccccc2)cc1C.COc1ncc(C(=O)c2cc(OC)c(C)cc2C(C)Cc2ccccc2)c(OC)n1.COc1ncc(C(=O)c2cc(OC)c(C)cc2C(C)Cc2ccccc2)c(OC)n1.COc1ncc(C(O)c2cc(OC)c(C)cc2C(C)Cc2ccccc2)c(OC)n1.N.[AlH3].[H-].[Li+].[O]=[Mn]=[O].[O]=[Mn]=[O]. The molecule has 4 aromatic heterocycles. The van der Waals surface area contributed by atoms with E-state index in [0.717, 1.165) is 111 Å². The van der Waals surface area contributed by atoms with Crippen molar-refractivity contribution < 1.29 is 142 Å². The van der Waals surface area contributed by atoms with Crippen molar-refractivity contribution in [3.05, 3.63) is 371 Å². The number of methoxy groups -OCH3 is 11. The molecule has 4 heterocycles. The number of hydrogen-bond donors (Lipinski definition) is 4. The van der Waals surface area contributed by atoms with Crippen LogP contribution in [0.4, 0.5) is 11.8 Å². The van der Waals surface area contributed by atoms with Gasteiger partial charge in [0.15, 0.2) is 34.7 Å². The van der Waals surface area contributed by atoms with E-state index >= 15 is 0 Å². The third-order valence-corrected chi connectivity index (χ3v) is 23.9. The van der Waals surface area contributed by atoms with E-state index in [-0.39, 0.29) is 149 Å². The molecule has 14 aromatic rings. The Morgan fingerprint density at radius 2 is 0.585 bits per heavy atom. The zero-order valence-electron chi connectivity index (χ0n) is 87.5. The summed E-state index contributed by atoms with van der Waals surface area (Å²) in [6, 6.07) is 71.0. The number of nitrogen functional groups attached to an aromatic ring is 2. The summed E-state index contributed by atoms with van der Waals surface area (Å²) in [4.78, 5) is 84.3. The quantitative estimate of drug-likeness (QED) is 0.0163. The normalized spacial score (nSPS) is 11.4. The van der Waals surface area contributed by atoms with Crippen molar-refractivity contribution in [3.8, 4) is 64.4 Å². The number of aryl methyl sites for hydroxylation is 5. The monoisotopic (exact) mass is 2090 g/mol. The fourth-order valence-corrected chi connectivity index (χ4v) is 16.6. The third-order valence-electron chi connectivity index (χ3n) is 23.9. The summed E-state index contributed by atoms with van der Waals surface area (Å²) >= 11 is -2.88. The van der Waals surface area contributed by atoms with Gasteiger partial charge >= 0.3 is 81.9 Å². The second kappa shape index (κ2) is 62.7. The molecule has 147 heavy (non-hydrogen) atoms. The van der Waals surface area contributed by atoms with Crippen LogP contribution in [0.25, 0.3) is 0 Å². The van der Waals surface area contributed by atoms with Crippen molar-refractivity contribution in [3.63, 3.8) is 0 Å². The number of nitrogens with zero attached hydrogens (tertiary/aromatic N) is 8. The average Bonchev–Trinajstić information content (AvgIpc) is 0.796. The van der Waals surface area contributed by atoms with Crippen LogP contribution in [0.3, 0.4) is 0 Å². The van der Waals surface area contributed by atoms with Crippen LogP contribution in [0.1, 0.15) is 224 Å². The van der Waals surface area contributed by atoms with Crippen LogP contribution in [0.5, 0.6) is 64.4 Å². The summed E-state index contributed by atoms with van der Waals surface area (Å²) in [6.07, 6.45) is 9.91. The summed E-state index contributed by atoms with van der Waals surface area (Å²) < 4.78 is 92.0. The van der Waals surface area contributed by atoms with Gasteiger partial charge in [-0.1, -0.05) is 217 Å². The van der Waals surface area contributed by atoms with Gasteiger partial charge in [0.25, 0.3) is 0 Å². The van der Waals surface area contributed by atoms with E-state index in [1.807, 2.05) is 156 Å². The number of rotatable bonds is 35. The van der Waals surface area contributed by atoms with E-state index in [1.165, 1.54) is 95.3 Å². The number of aromatic nitrogens is 8. The molecule has 6 atom stereocenters. The van der Waals surface area contributed by atoms with Crippen molar-refractivity contribution >= 4 is 52.8 Å². The van der Waals surface area contributed by atoms with Crippen molar-refractivity contribution in [2.24, 2.45) is 0 Å². The molecule has 31 nitrogen and oxygen atoms in total. The van der Waals surface area contributed by atoms with E-state index in [9.17, 15) is 24.3 Å². The molecule has 8 N–H and O–H groups in total. The Morgan fingerprint density at radius 3 is 0.878 bits per heavy atom. The maximum absolute atomic E-state index is 13.5. The maximum atomic E-state index is 13.5. The van der Waals surface area contributed by atoms with Gasteiger partial charge in [0.2, 0.25) is 23.6 Å². The van der Waals surface area contributed by atoms with Crippen LogP contribution in [0, 0.1) is 34.6 Å². The van der Waals surface area contributed by atoms with E-state index in [1.54, 1.807) is 53.7 Å². The molecular formula is C112H131AlLiMn2N11O20. The molecule has 6 unspecified atom stereocenters. The number of carbonyl (C=O) groups is 4. The standard InChI is InChI=1S/C24H28N2O4.2C24H26N2O4.C22H24N4O2.C18H20O2.Al.Li.2Mn.H3N.4O.4H/c3*1-15(11-17-9-7-6-8-10-17)18-12-16(2)21(28-3)13-19(18)22(27)20-14-25-24(30-5)26-23(20)29-4;1-13(9-15-7-5-4-6-8-15)16-10-14(2)19(28-3)11-17(16)20(27)18-12-25-22(24)26-21(18)23;1-13(9-15-7-5-4-6-8-15)17-10-14(2)18(20-3)11-16(17)12-19;;;;;;;;;;;;;/h6-10,12-15,22,27H,11H2,1-5H3;2*6-10,12-15H,11H2,1-5H3;4-8,10-13H,9H2,1-3H3,(H4,23,24,25,26);4-8,10-13H,9H2,1-3H3;;;;;1H3;;;;;;;;/q;;;;;;+1;;;;;;;;;;;-1. The molecule has 0 aliphatic heterocycles. The number of hydrogen-bond acceptors (Lipinski definition) is 31. The minimum atomic E-state index is -1.44. The van der Waals surface area contributed by atoms with Crippen LogP contribution in [-0.4, -0.2) is 164 Å². The van der Waals surface area contributed by atoms with Gasteiger partial charge in [-0.2, -0.15) is 19.9 Å². The predicted molar refractivity (Wildman–Crippen MR) is 556 cm³/mol. The zero-order chi connectivity index (χ0) is 105. The number of carbonyl (C=O) groups excluding carboxylic acids is 4. The Labute approximate surface area is 895 Å². The Bertz CT molecular complexity index is 6540. The summed E-state index contributed by atoms with van der Waals surface area (Å²) in [5.74, 6) is 4.28. The first-order valence-corrected chi connectivity index (χ1v) is 47.7. The number of benzene rings is 10. The Balaban J connectivity index is 0.000000379. The van der Waals surface area contributed by atoms with Crippen LogP contribution < -0.4 is 88.6 Å². The number of anilines is 2. The van der Waals surface area contributed by atoms with Crippen LogP contribution in [0.15, 0.2) is 237 Å². The molecule has 14 rings (SSSR count). The number of ketones is 3. The summed E-state index contributed by atoms with van der Waals surface area (Å²) in [5, 5.41) is 11.3. The van der Waals surface area contributed by atoms with Gasteiger partial charge in [-0.3, -0.25) is 19.2 Å². The van der Waals surface area contributed by atoms with Crippen LogP contribution in [0.2, 0.25) is 0 Å². The van der Waals surface area contributed by atoms with Crippen molar-refractivity contribution in [2.75, 3.05) is 89.7 Å². The number of nitrogens with two attached hydrogens (primary N) is 2. The predicted octanol–water partition coefficient (Wildman–Crippen LogP) is 16.3. The first-order valence-electron chi connectivity index (χ1n) is 45.7. The zero-order valence-corrected chi connectivity index (χ0v) is 88.9. The molecule has 0 aliphatic carbocycles. The fraction of sp³-hybridized carbons (Fsp3) is 0.286. The van der Waals surface area contributed by atoms with Crippen LogP contribution in [-0.2, 0) is 77.1 Å². The molecule has 0 aliphatic rings. The van der Waals surface area contributed by atoms with Gasteiger partial charge in [0.05, 0.1) is 89.3 Å². The van der Waals surface area contributed by atoms with E-state index in [0.29, 0.717) is 51.2 Å². The number of aldehydes is 1. The molecule has 35 heteroatoms. The van der Waals surface area contributed by atoms with Gasteiger partial charge < -0.3 is 76.3 Å². The molecule has 0 saturated heterocycles. The molecule has 10 aromatic carbocycles. The van der Waals surface area contributed by atoms with Gasteiger partial charge in [0, 0.05) is 47.0 Å². The summed E-state index contributed by atoms with van der Waals surface area (Å²) in [7, 11) is 16.9. The average molecular weight is 2100 g/mol. The molecular weight excluding hydrogens is 1960 g/mol. The topological polar surface area (TPSA) is 448 Å². The van der Waals surface area contributed by atoms with Crippen LogP contribution >= 0.6 is 0 Å². The van der Waals surface area contributed by atoms with Gasteiger partial charge in [-0.25, -0.2) is 19.9 Å². The summed E-state index contributed by atoms with van der Waals surface area (Å²) in [5.41, 5.74) is 31.9. The number of aliphatic hydroxyl groups is 1. The van der Waals surface area contributed by atoms with Crippen molar-refractivity contribution in [1.82, 2.24) is 46.0 Å². The third kappa shape index (κ3) is 34.5. The Hall–Kier alpha value is -14.1. The van der Waals surface area contributed by atoms with E-state index < -0.39 is 35.7 Å². The van der Waals surface area contributed by atoms with Gasteiger partial charge in [-0.05, 0) is 216 Å². The molecule has 0 amide bonds. The van der Waals surface area contributed by atoms with E-state index in [2.05, 4.69) is 147 Å². The molecule has 772 valence electrons. The first-order chi connectivity index (χ1) is 69.3. The second-order valence-corrected chi connectivity index (χ2v) is 34.0. The molecule has 0 saturated carbocycles. The van der Waals surface area contributed by atoms with Gasteiger partial charge in [-0.15, -0.1) is 0 Å². The van der Waals surface area contributed by atoms with E-state index in [4.69, 9.17) is 78.9 Å². The fourth-order valence-electron chi connectivity index (χ4n) is 16.6. The molecule has 0 fully saturated rings. The van der Waals surface area contributed by atoms with Crippen molar-refractivity contribution in [2.45, 2.75) is 137 Å². The Kier molecular flexibility index (Phi) is 52.6. The molecule has 0 spiro atoms. The number of aliphatic hydroxyl groups excluding tert-OH is 1. The summed E-state index contributed by atoms with van der Waals surface area (Å²) in [6.45, 7) is 20.6. The van der Waals surface area contributed by atoms with Crippen molar-refractivity contribution in [1.29, 1.82) is 0 Å². The van der Waals surface area contributed by atoms with Gasteiger partial charge in [0.1, 0.15) is 58.1 Å². The number of ether oxygens (including phenoxy) is 11.